The van der Waals surface area contributed by atoms with E-state index in [1.165, 1.54) is 6.34 Å². The van der Waals surface area contributed by atoms with Crippen LogP contribution in [0.15, 0.2) is 30.5 Å². The number of para-hydroxylation sites is 1. The molecule has 1 aromatic heterocycles. The number of aromatic nitrogens is 1. The summed E-state index contributed by atoms with van der Waals surface area (Å²) < 4.78 is 2.16. The Kier molecular flexibility index (Phi) is 2.96. The second-order valence-corrected chi connectivity index (χ2v) is 6.36. The van der Waals surface area contributed by atoms with E-state index >= 15 is 0 Å². The number of hydrogen-bond acceptors (Lipinski definition) is 2. The van der Waals surface area contributed by atoms with Crippen molar-refractivity contribution in [3.05, 3.63) is 36.0 Å². The molecule has 1 aromatic carbocycles. The van der Waals surface area contributed by atoms with E-state index in [0.29, 0.717) is 23.7 Å². The highest BCUT2D eigenvalue weighted by molar-refractivity contribution is 6.03. The smallest absolute Gasteiger partial charge is 0.337 e. The highest BCUT2D eigenvalue weighted by Gasteiger charge is 2.40. The molecule has 0 unspecified atom stereocenters. The Morgan fingerprint density at radius 2 is 1.86 bits per heavy atom. The van der Waals surface area contributed by atoms with E-state index in [9.17, 15) is 9.90 Å². The van der Waals surface area contributed by atoms with E-state index in [1.807, 2.05) is 24.3 Å². The van der Waals surface area contributed by atoms with Crippen LogP contribution in [0, 0.1) is 5.41 Å². The Balaban J connectivity index is 1.76. The molecule has 3 heterocycles. The molecule has 2 aliphatic heterocycles. The minimum Gasteiger partial charge on any atom is -0.478 e. The van der Waals surface area contributed by atoms with Crippen LogP contribution in [-0.4, -0.2) is 39.0 Å². The molecule has 0 radical (unpaired) electrons. The Labute approximate surface area is 128 Å². The van der Waals surface area contributed by atoms with Crippen LogP contribution in [0.1, 0.15) is 42.1 Å². The highest BCUT2D eigenvalue weighted by atomic mass is 16.4. The molecule has 0 aliphatic carbocycles. The molecule has 4 rings (SSSR count). The molecule has 114 valence electrons. The molecule has 5 nitrogen and oxygen atoms in total. The van der Waals surface area contributed by atoms with E-state index in [-0.39, 0.29) is 0 Å². The molecule has 2 aliphatic rings. The third-order valence-electron chi connectivity index (χ3n) is 5.28. The van der Waals surface area contributed by atoms with Crippen LogP contribution in [-0.2, 0) is 0 Å². The van der Waals surface area contributed by atoms with Crippen LogP contribution in [0.3, 0.4) is 0 Å². The number of nitrogens with one attached hydrogen (secondary N) is 1. The summed E-state index contributed by atoms with van der Waals surface area (Å²) in [5, 5.41) is 17.8. The molecule has 2 fully saturated rings. The van der Waals surface area contributed by atoms with Gasteiger partial charge in [0.25, 0.3) is 0 Å². The summed E-state index contributed by atoms with van der Waals surface area (Å²) >= 11 is 0. The van der Waals surface area contributed by atoms with Crippen molar-refractivity contribution in [3.63, 3.8) is 0 Å². The Bertz CT molecular complexity index is 737. The van der Waals surface area contributed by atoms with Gasteiger partial charge < -0.3 is 14.6 Å². The molecule has 22 heavy (non-hydrogen) atoms. The van der Waals surface area contributed by atoms with Gasteiger partial charge >= 0.3 is 5.97 Å². The van der Waals surface area contributed by atoms with E-state index < -0.39 is 5.97 Å². The maximum Gasteiger partial charge on any atom is 0.337 e. The Morgan fingerprint density at radius 1 is 1.18 bits per heavy atom. The number of carboxylic acid groups (broad SMARTS) is 1. The van der Waals surface area contributed by atoms with Gasteiger partial charge in [0.2, 0.25) is 0 Å². The molecule has 2 saturated heterocycles. The molecular weight excluding hydrogens is 278 g/mol. The quantitative estimate of drug-likeness (QED) is 0.675. The number of rotatable bonds is 3. The van der Waals surface area contributed by atoms with E-state index in [1.54, 1.807) is 6.20 Å². The van der Waals surface area contributed by atoms with Crippen LogP contribution in [0.5, 0.6) is 0 Å². The number of aromatic carboxylic acids is 1. The minimum absolute atomic E-state index is 0.326. The van der Waals surface area contributed by atoms with Gasteiger partial charge in [-0.25, -0.2) is 4.79 Å². The number of benzene rings is 1. The van der Waals surface area contributed by atoms with Gasteiger partial charge in [-0.05, 0) is 31.7 Å². The maximum atomic E-state index is 11.5. The van der Waals surface area contributed by atoms with E-state index in [4.69, 9.17) is 5.41 Å². The van der Waals surface area contributed by atoms with Crippen molar-refractivity contribution in [2.45, 2.75) is 43.8 Å². The fourth-order valence-electron chi connectivity index (χ4n) is 4.30. The van der Waals surface area contributed by atoms with Crippen LogP contribution >= 0.6 is 0 Å². The van der Waals surface area contributed by atoms with Crippen molar-refractivity contribution in [3.8, 4) is 0 Å². The molecule has 2 N–H and O–H groups in total. The predicted octanol–water partition coefficient (Wildman–Crippen LogP) is 3.11. The molecule has 0 saturated carbocycles. The second kappa shape index (κ2) is 4.87. The van der Waals surface area contributed by atoms with Crippen molar-refractivity contribution in [2.75, 3.05) is 0 Å². The molecule has 2 bridgehead atoms. The lowest BCUT2D eigenvalue weighted by molar-refractivity contribution is 0.0698. The first kappa shape index (κ1) is 13.4. The van der Waals surface area contributed by atoms with Gasteiger partial charge in [0.15, 0.2) is 0 Å². The zero-order valence-electron chi connectivity index (χ0n) is 12.3. The fourth-order valence-corrected chi connectivity index (χ4v) is 4.30. The second-order valence-electron chi connectivity index (χ2n) is 6.36. The van der Waals surface area contributed by atoms with Gasteiger partial charge in [0.05, 0.1) is 11.9 Å². The van der Waals surface area contributed by atoms with Gasteiger partial charge in [0.1, 0.15) is 0 Å². The first-order valence-corrected chi connectivity index (χ1v) is 7.80. The zero-order chi connectivity index (χ0) is 15.3. The van der Waals surface area contributed by atoms with Crippen molar-refractivity contribution < 1.29 is 9.90 Å². The third-order valence-corrected chi connectivity index (χ3v) is 5.28. The van der Waals surface area contributed by atoms with Crippen molar-refractivity contribution >= 4 is 23.2 Å². The SMILES string of the molecule is N=CN1[C@@H]2CC[C@H]1C[C@@H](n1cc(C(=O)O)c3ccccc31)C2. The first-order chi connectivity index (χ1) is 10.7. The summed E-state index contributed by atoms with van der Waals surface area (Å²) in [7, 11) is 0. The maximum absolute atomic E-state index is 11.5. The standard InChI is InChI=1S/C17H19N3O2/c18-10-20-11-5-6-12(20)8-13(7-11)19-9-15(17(21)22)14-3-1-2-4-16(14)19/h1-4,9-13,18H,5-8H2,(H,21,22)/t11-,12+,13+. The summed E-state index contributed by atoms with van der Waals surface area (Å²) in [6.07, 6.45) is 7.54. The van der Waals surface area contributed by atoms with E-state index in [2.05, 4.69) is 9.47 Å². The Hall–Kier alpha value is -2.30. The van der Waals surface area contributed by atoms with Crippen molar-refractivity contribution in [1.29, 1.82) is 5.41 Å². The van der Waals surface area contributed by atoms with Crippen molar-refractivity contribution in [1.82, 2.24) is 9.47 Å². The lowest BCUT2D eigenvalue weighted by Gasteiger charge is -2.38. The number of hydrogen-bond donors (Lipinski definition) is 2. The van der Waals surface area contributed by atoms with Crippen LogP contribution in [0.4, 0.5) is 0 Å². The number of fused-ring (bicyclic) bond motifs is 3. The van der Waals surface area contributed by atoms with Gasteiger partial charge in [-0.1, -0.05) is 18.2 Å². The minimum atomic E-state index is -0.866. The third kappa shape index (κ3) is 1.85. The van der Waals surface area contributed by atoms with Crippen LogP contribution in [0.2, 0.25) is 0 Å². The fraction of sp³-hybridized carbons (Fsp3) is 0.412. The lowest BCUT2D eigenvalue weighted by atomic mass is 9.97. The number of carbonyl (C=O) groups is 1. The first-order valence-electron chi connectivity index (χ1n) is 7.80. The largest absolute Gasteiger partial charge is 0.478 e. The van der Waals surface area contributed by atoms with Gasteiger partial charge in [-0.3, -0.25) is 5.41 Å². The summed E-state index contributed by atoms with van der Waals surface area (Å²) in [6, 6.07) is 8.92. The normalized spacial score (nSPS) is 27.3. The van der Waals surface area contributed by atoms with Crippen molar-refractivity contribution in [2.24, 2.45) is 0 Å². The number of nitrogens with zero attached hydrogens (tertiary/aromatic N) is 2. The molecule has 3 atom stereocenters. The number of piperidine rings is 1. The molecule has 0 spiro atoms. The summed E-state index contributed by atoms with van der Waals surface area (Å²) in [5.41, 5.74) is 1.39. The van der Waals surface area contributed by atoms with Crippen LogP contribution in [0.25, 0.3) is 10.9 Å². The predicted molar refractivity (Wildman–Crippen MR) is 84.6 cm³/mol. The average Bonchev–Trinajstić information content (AvgIpc) is 3.02. The van der Waals surface area contributed by atoms with Crippen LogP contribution < -0.4 is 0 Å². The summed E-state index contributed by atoms with van der Waals surface area (Å²) in [5.74, 6) is -0.866. The monoisotopic (exact) mass is 297 g/mol. The lowest BCUT2D eigenvalue weighted by Crippen LogP contribution is -2.42. The molecule has 2 aromatic rings. The topological polar surface area (TPSA) is 69.3 Å². The van der Waals surface area contributed by atoms with E-state index in [0.717, 1.165) is 36.6 Å². The summed E-state index contributed by atoms with van der Waals surface area (Å²) in [6.45, 7) is 0. The summed E-state index contributed by atoms with van der Waals surface area (Å²) in [4.78, 5) is 13.7. The average molecular weight is 297 g/mol. The van der Waals surface area contributed by atoms with Gasteiger partial charge in [-0.15, -0.1) is 0 Å². The van der Waals surface area contributed by atoms with Gasteiger partial charge in [0, 0.05) is 35.2 Å². The van der Waals surface area contributed by atoms with Gasteiger partial charge in [-0.2, -0.15) is 0 Å². The Morgan fingerprint density at radius 3 is 2.50 bits per heavy atom. The number of carboxylic acids is 1. The molecule has 0 amide bonds. The molecular formula is C17H19N3O2. The molecule has 5 heteroatoms. The highest BCUT2D eigenvalue weighted by Crippen LogP contribution is 2.41. The zero-order valence-corrected chi connectivity index (χ0v) is 12.3.